The number of benzene rings is 2. The molecule has 2 N–H and O–H groups in total. The maximum Gasteiger partial charge on any atom is 0.239 e. The van der Waals surface area contributed by atoms with E-state index < -0.39 is 5.92 Å². The van der Waals surface area contributed by atoms with Crippen molar-refractivity contribution < 1.29 is 9.59 Å². The van der Waals surface area contributed by atoms with Crippen LogP contribution in [0.25, 0.3) is 10.9 Å². The molecule has 3 aromatic rings. The van der Waals surface area contributed by atoms with Crippen LogP contribution in [0.1, 0.15) is 17.5 Å². The number of nitrogens with zero attached hydrogens (tertiary/aromatic N) is 1. The van der Waals surface area contributed by atoms with Gasteiger partial charge in [-0.3, -0.25) is 9.59 Å². The van der Waals surface area contributed by atoms with E-state index in [1.165, 1.54) is 16.5 Å². The number of aromatic nitrogens is 1. The van der Waals surface area contributed by atoms with Crippen LogP contribution in [-0.4, -0.2) is 29.9 Å². The van der Waals surface area contributed by atoms with Gasteiger partial charge < -0.3 is 15.2 Å². The van der Waals surface area contributed by atoms with Gasteiger partial charge in [0.15, 0.2) is 0 Å². The molecule has 1 saturated heterocycles. The Hall–Kier alpha value is -2.79. The van der Waals surface area contributed by atoms with Crippen LogP contribution in [-0.2, 0) is 16.0 Å². The van der Waals surface area contributed by atoms with E-state index in [2.05, 4.69) is 35.4 Å². The Bertz CT molecular complexity index is 1030. The van der Waals surface area contributed by atoms with Crippen molar-refractivity contribution >= 4 is 40.0 Å². The van der Waals surface area contributed by atoms with Gasteiger partial charge in [0.05, 0.1) is 0 Å². The Morgan fingerprint density at radius 2 is 2.04 bits per heavy atom. The average molecular weight is 396 g/mol. The summed E-state index contributed by atoms with van der Waals surface area (Å²) in [6.07, 6.45) is 3.23. The van der Waals surface area contributed by atoms with Gasteiger partial charge >= 0.3 is 0 Å². The number of anilines is 1. The lowest BCUT2D eigenvalue weighted by molar-refractivity contribution is -0.132. The molecule has 0 saturated carbocycles. The lowest BCUT2D eigenvalue weighted by Gasteiger charge is -2.16. The van der Waals surface area contributed by atoms with Crippen LogP contribution in [0.4, 0.5) is 5.69 Å². The summed E-state index contributed by atoms with van der Waals surface area (Å²) in [5.41, 5.74) is 4.24. The highest BCUT2D eigenvalue weighted by Crippen LogP contribution is 2.26. The minimum Gasteiger partial charge on any atom is -0.361 e. The predicted octanol–water partition coefficient (Wildman–Crippen LogP) is 3.84. The molecule has 1 unspecified atom stereocenters. The van der Waals surface area contributed by atoms with Gasteiger partial charge in [-0.15, -0.1) is 0 Å². The van der Waals surface area contributed by atoms with Crippen molar-refractivity contribution in [1.29, 1.82) is 0 Å². The second-order valence-electron chi connectivity index (χ2n) is 7.21. The maximum absolute atomic E-state index is 12.7. The first-order valence-electron chi connectivity index (χ1n) is 9.44. The Labute approximate surface area is 168 Å². The summed E-state index contributed by atoms with van der Waals surface area (Å²) in [6, 6.07) is 13.4. The van der Waals surface area contributed by atoms with Crippen LogP contribution in [0.15, 0.2) is 48.7 Å². The number of rotatable bonds is 5. The number of aromatic amines is 1. The molecule has 2 heterocycles. The van der Waals surface area contributed by atoms with Crippen LogP contribution in [0.5, 0.6) is 0 Å². The monoisotopic (exact) mass is 395 g/mol. The molecule has 144 valence electrons. The fourth-order valence-corrected chi connectivity index (χ4v) is 3.87. The summed E-state index contributed by atoms with van der Waals surface area (Å²) in [6.45, 7) is 3.11. The molecule has 2 amide bonds. The highest BCUT2D eigenvalue weighted by Gasteiger charge is 2.37. The largest absolute Gasteiger partial charge is 0.361 e. The summed E-state index contributed by atoms with van der Waals surface area (Å²) >= 11 is 5.91. The number of nitrogens with one attached hydrogen (secondary N) is 2. The van der Waals surface area contributed by atoms with Gasteiger partial charge in [-0.1, -0.05) is 23.2 Å². The SMILES string of the molecule is Cc1ccc2[nH]cc(CCNC(=O)C3CCN(c4ccc(Cl)cc4)C3=O)c2c1. The van der Waals surface area contributed by atoms with E-state index in [1.54, 1.807) is 29.2 Å². The number of halogens is 1. The molecule has 4 rings (SSSR count). The number of carbonyl (C=O) groups is 2. The minimum absolute atomic E-state index is 0.150. The molecule has 5 nitrogen and oxygen atoms in total. The second-order valence-corrected chi connectivity index (χ2v) is 7.65. The minimum atomic E-state index is -0.624. The molecule has 2 aromatic carbocycles. The smallest absolute Gasteiger partial charge is 0.239 e. The number of hydrogen-bond donors (Lipinski definition) is 2. The van der Waals surface area contributed by atoms with Crippen LogP contribution in [0.2, 0.25) is 5.02 Å². The molecule has 1 aliphatic rings. The molecule has 28 heavy (non-hydrogen) atoms. The Morgan fingerprint density at radius 3 is 2.82 bits per heavy atom. The summed E-state index contributed by atoms with van der Waals surface area (Å²) in [7, 11) is 0. The summed E-state index contributed by atoms with van der Waals surface area (Å²) in [5.74, 6) is -0.971. The van der Waals surface area contributed by atoms with Gasteiger partial charge in [-0.05, 0) is 61.7 Å². The number of hydrogen-bond acceptors (Lipinski definition) is 2. The topological polar surface area (TPSA) is 65.2 Å². The fourth-order valence-electron chi connectivity index (χ4n) is 3.74. The molecule has 0 bridgehead atoms. The Morgan fingerprint density at radius 1 is 1.25 bits per heavy atom. The molecule has 0 aliphatic carbocycles. The van der Waals surface area contributed by atoms with Gasteiger partial charge in [0.25, 0.3) is 0 Å². The van der Waals surface area contributed by atoms with Crippen molar-refractivity contribution in [3.8, 4) is 0 Å². The molecule has 1 fully saturated rings. The van der Waals surface area contributed by atoms with Gasteiger partial charge in [0.2, 0.25) is 11.8 Å². The van der Waals surface area contributed by atoms with E-state index in [9.17, 15) is 9.59 Å². The first-order valence-corrected chi connectivity index (χ1v) is 9.82. The molecular formula is C22H22ClN3O2. The standard InChI is InChI=1S/C22H22ClN3O2/c1-14-2-7-20-19(12-14)15(13-25-20)8-10-24-21(27)18-9-11-26(22(18)28)17-5-3-16(23)4-6-17/h2-7,12-13,18,25H,8-11H2,1H3,(H,24,27). The van der Waals surface area contributed by atoms with E-state index in [0.717, 1.165) is 17.6 Å². The molecule has 1 atom stereocenters. The van der Waals surface area contributed by atoms with E-state index in [-0.39, 0.29) is 11.8 Å². The zero-order valence-electron chi connectivity index (χ0n) is 15.7. The van der Waals surface area contributed by atoms with E-state index in [0.29, 0.717) is 24.5 Å². The van der Waals surface area contributed by atoms with Crippen LogP contribution >= 0.6 is 11.6 Å². The first-order chi connectivity index (χ1) is 13.5. The molecule has 6 heteroatoms. The average Bonchev–Trinajstić information content (AvgIpc) is 3.26. The zero-order chi connectivity index (χ0) is 19.7. The molecular weight excluding hydrogens is 374 g/mol. The van der Waals surface area contributed by atoms with Gasteiger partial charge in [0, 0.05) is 40.9 Å². The van der Waals surface area contributed by atoms with Crippen molar-refractivity contribution in [3.05, 3.63) is 64.8 Å². The van der Waals surface area contributed by atoms with Crippen molar-refractivity contribution in [2.45, 2.75) is 19.8 Å². The quantitative estimate of drug-likeness (QED) is 0.644. The van der Waals surface area contributed by atoms with E-state index in [4.69, 9.17) is 11.6 Å². The summed E-state index contributed by atoms with van der Waals surface area (Å²) in [4.78, 5) is 30.1. The fraction of sp³-hybridized carbons (Fsp3) is 0.273. The summed E-state index contributed by atoms with van der Waals surface area (Å²) in [5, 5.41) is 4.74. The molecule has 0 radical (unpaired) electrons. The molecule has 0 spiro atoms. The van der Waals surface area contributed by atoms with Gasteiger partial charge in [-0.25, -0.2) is 0 Å². The lowest BCUT2D eigenvalue weighted by Crippen LogP contribution is -2.37. The maximum atomic E-state index is 12.7. The van der Waals surface area contributed by atoms with E-state index in [1.807, 2.05) is 6.20 Å². The number of amides is 2. The van der Waals surface area contributed by atoms with Gasteiger partial charge in [-0.2, -0.15) is 0 Å². The second kappa shape index (κ2) is 7.68. The third-order valence-corrected chi connectivity index (χ3v) is 5.53. The van der Waals surface area contributed by atoms with E-state index >= 15 is 0 Å². The third kappa shape index (κ3) is 3.62. The number of carbonyl (C=O) groups excluding carboxylic acids is 2. The normalized spacial score (nSPS) is 16.7. The highest BCUT2D eigenvalue weighted by atomic mass is 35.5. The number of H-pyrrole nitrogens is 1. The zero-order valence-corrected chi connectivity index (χ0v) is 16.4. The van der Waals surface area contributed by atoms with Crippen molar-refractivity contribution in [2.75, 3.05) is 18.0 Å². The number of aryl methyl sites for hydroxylation is 1. The van der Waals surface area contributed by atoms with Crippen molar-refractivity contribution in [2.24, 2.45) is 5.92 Å². The van der Waals surface area contributed by atoms with Gasteiger partial charge in [0.1, 0.15) is 5.92 Å². The van der Waals surface area contributed by atoms with Crippen molar-refractivity contribution in [3.63, 3.8) is 0 Å². The summed E-state index contributed by atoms with van der Waals surface area (Å²) < 4.78 is 0. The predicted molar refractivity (Wildman–Crippen MR) is 112 cm³/mol. The highest BCUT2D eigenvalue weighted by molar-refractivity contribution is 6.30. The first kappa shape index (κ1) is 18.6. The van der Waals surface area contributed by atoms with Crippen LogP contribution in [0.3, 0.4) is 0 Å². The van der Waals surface area contributed by atoms with Crippen LogP contribution < -0.4 is 10.2 Å². The molecule has 1 aromatic heterocycles. The van der Waals surface area contributed by atoms with Crippen molar-refractivity contribution in [1.82, 2.24) is 10.3 Å². The van der Waals surface area contributed by atoms with Crippen LogP contribution in [0, 0.1) is 12.8 Å². The third-order valence-electron chi connectivity index (χ3n) is 5.28. The molecule has 1 aliphatic heterocycles. The Kier molecular flexibility index (Phi) is 5.09. The number of fused-ring (bicyclic) bond motifs is 1. The lowest BCUT2D eigenvalue weighted by atomic mass is 10.1. The Balaban J connectivity index is 1.35.